The van der Waals surface area contributed by atoms with E-state index in [1.165, 1.54) is 32.2 Å². The summed E-state index contributed by atoms with van der Waals surface area (Å²) >= 11 is 0. The fourth-order valence-corrected chi connectivity index (χ4v) is 3.30. The molecule has 1 aliphatic carbocycles. The Balaban J connectivity index is 0.00000110. The molecule has 0 aromatic rings. The highest BCUT2D eigenvalue weighted by molar-refractivity contribution is 5.85. The zero-order chi connectivity index (χ0) is 13.1. The monoisotopic (exact) mass is 337 g/mol. The molecule has 0 spiro atoms. The minimum atomic E-state index is 0. The van der Waals surface area contributed by atoms with Crippen LogP contribution in [0.3, 0.4) is 0 Å². The summed E-state index contributed by atoms with van der Waals surface area (Å²) in [5.74, 6) is 1.34. The Morgan fingerprint density at radius 1 is 1.05 bits per heavy atom. The van der Waals surface area contributed by atoms with Gasteiger partial charge in [-0.3, -0.25) is 9.69 Å². The van der Waals surface area contributed by atoms with E-state index in [1.54, 1.807) is 0 Å². The van der Waals surface area contributed by atoms with Gasteiger partial charge in [-0.25, -0.2) is 0 Å². The first-order chi connectivity index (χ1) is 9.31. The molecule has 1 saturated carbocycles. The van der Waals surface area contributed by atoms with Crippen molar-refractivity contribution in [3.63, 3.8) is 0 Å². The van der Waals surface area contributed by atoms with Crippen LogP contribution in [0.4, 0.5) is 0 Å². The Labute approximate surface area is 140 Å². The largest absolute Gasteiger partial charge is 0.340 e. The highest BCUT2D eigenvalue weighted by Gasteiger charge is 2.27. The third-order valence-electron chi connectivity index (χ3n) is 4.81. The van der Waals surface area contributed by atoms with Crippen molar-refractivity contribution in [3.05, 3.63) is 0 Å². The van der Waals surface area contributed by atoms with E-state index in [0.717, 1.165) is 51.5 Å². The predicted octanol–water partition coefficient (Wildman–Crippen LogP) is 1.92. The van der Waals surface area contributed by atoms with Gasteiger partial charge < -0.3 is 10.2 Å². The number of hydrogen-bond acceptors (Lipinski definition) is 3. The summed E-state index contributed by atoms with van der Waals surface area (Å²) in [5.41, 5.74) is 0. The maximum Gasteiger partial charge on any atom is 0.222 e. The highest BCUT2D eigenvalue weighted by Crippen LogP contribution is 2.29. The normalized spacial score (nSPS) is 26.1. The molecule has 0 aromatic heterocycles. The van der Waals surface area contributed by atoms with Gasteiger partial charge in [-0.2, -0.15) is 0 Å². The SMILES string of the molecule is Cl.Cl.O=C(CCC1CCCN1)N1CCN(CC2CC2)CC1. The second kappa shape index (κ2) is 9.19. The van der Waals surface area contributed by atoms with Crippen molar-refractivity contribution in [2.45, 2.75) is 44.6 Å². The lowest BCUT2D eigenvalue weighted by Gasteiger charge is -2.35. The van der Waals surface area contributed by atoms with Crippen LogP contribution in [0.1, 0.15) is 38.5 Å². The number of carbonyl (C=O) groups is 1. The molecule has 124 valence electrons. The first kappa shape index (κ1) is 19.0. The van der Waals surface area contributed by atoms with Crippen molar-refractivity contribution < 1.29 is 4.79 Å². The Bertz CT molecular complexity index is 312. The van der Waals surface area contributed by atoms with Crippen LogP contribution < -0.4 is 5.32 Å². The maximum atomic E-state index is 12.2. The van der Waals surface area contributed by atoms with Gasteiger partial charge in [-0.15, -0.1) is 24.8 Å². The minimum Gasteiger partial charge on any atom is -0.340 e. The fraction of sp³-hybridized carbons (Fsp3) is 0.933. The van der Waals surface area contributed by atoms with E-state index in [0.29, 0.717) is 11.9 Å². The summed E-state index contributed by atoms with van der Waals surface area (Å²) in [5, 5.41) is 3.47. The molecule has 0 radical (unpaired) electrons. The predicted molar refractivity (Wildman–Crippen MR) is 90.5 cm³/mol. The summed E-state index contributed by atoms with van der Waals surface area (Å²) in [6, 6.07) is 0.597. The van der Waals surface area contributed by atoms with Crippen LogP contribution in [0, 0.1) is 5.92 Å². The summed E-state index contributed by atoms with van der Waals surface area (Å²) < 4.78 is 0. The standard InChI is InChI=1S/C15H27N3O.2ClH/c19-15(6-5-14-2-1-7-16-14)18-10-8-17(9-11-18)12-13-3-4-13;;/h13-14,16H,1-12H2;2*1H. The van der Waals surface area contributed by atoms with Gasteiger partial charge in [0.2, 0.25) is 5.91 Å². The van der Waals surface area contributed by atoms with Crippen LogP contribution >= 0.6 is 24.8 Å². The minimum absolute atomic E-state index is 0. The second-order valence-electron chi connectivity index (χ2n) is 6.46. The van der Waals surface area contributed by atoms with Crippen molar-refractivity contribution in [2.75, 3.05) is 39.3 Å². The Morgan fingerprint density at radius 3 is 2.33 bits per heavy atom. The fourth-order valence-electron chi connectivity index (χ4n) is 3.30. The summed E-state index contributed by atoms with van der Waals surface area (Å²) in [6.07, 6.45) is 7.14. The number of amides is 1. The van der Waals surface area contributed by atoms with Crippen LogP contribution in [0.5, 0.6) is 0 Å². The van der Waals surface area contributed by atoms with Gasteiger partial charge in [0.15, 0.2) is 0 Å². The summed E-state index contributed by atoms with van der Waals surface area (Å²) in [7, 11) is 0. The molecule has 3 rings (SSSR count). The van der Waals surface area contributed by atoms with E-state index in [9.17, 15) is 4.79 Å². The topological polar surface area (TPSA) is 35.6 Å². The average Bonchev–Trinajstić information content (AvgIpc) is 3.09. The van der Waals surface area contributed by atoms with Gasteiger partial charge in [-0.1, -0.05) is 0 Å². The zero-order valence-corrected chi connectivity index (χ0v) is 14.4. The number of nitrogens with zero attached hydrogens (tertiary/aromatic N) is 2. The molecule has 3 aliphatic rings. The van der Waals surface area contributed by atoms with Gasteiger partial charge in [-0.05, 0) is 44.6 Å². The molecular formula is C15H29Cl2N3O. The molecule has 2 saturated heterocycles. The Kier molecular flexibility index (Phi) is 8.32. The number of halogens is 2. The Morgan fingerprint density at radius 2 is 1.76 bits per heavy atom. The molecule has 1 unspecified atom stereocenters. The van der Waals surface area contributed by atoms with Crippen LogP contribution in [0.2, 0.25) is 0 Å². The molecule has 3 fully saturated rings. The second-order valence-corrected chi connectivity index (χ2v) is 6.46. The molecule has 4 nitrogen and oxygen atoms in total. The third kappa shape index (κ3) is 5.93. The molecule has 0 bridgehead atoms. The van der Waals surface area contributed by atoms with Crippen molar-refractivity contribution >= 4 is 30.7 Å². The molecule has 1 atom stereocenters. The van der Waals surface area contributed by atoms with Gasteiger partial charge in [0, 0.05) is 45.2 Å². The van der Waals surface area contributed by atoms with Crippen molar-refractivity contribution in [1.82, 2.24) is 15.1 Å². The first-order valence-corrected chi connectivity index (χ1v) is 8.05. The molecule has 2 aliphatic heterocycles. The van der Waals surface area contributed by atoms with Crippen molar-refractivity contribution in [3.8, 4) is 0 Å². The van der Waals surface area contributed by atoms with Gasteiger partial charge in [0.1, 0.15) is 0 Å². The maximum absolute atomic E-state index is 12.2. The first-order valence-electron chi connectivity index (χ1n) is 8.05. The van der Waals surface area contributed by atoms with Gasteiger partial charge >= 0.3 is 0 Å². The molecule has 1 amide bonds. The quantitative estimate of drug-likeness (QED) is 0.832. The zero-order valence-electron chi connectivity index (χ0n) is 12.8. The van der Waals surface area contributed by atoms with E-state index < -0.39 is 0 Å². The molecule has 0 aromatic carbocycles. The van der Waals surface area contributed by atoms with E-state index in [-0.39, 0.29) is 24.8 Å². The van der Waals surface area contributed by atoms with E-state index >= 15 is 0 Å². The third-order valence-corrected chi connectivity index (χ3v) is 4.81. The van der Waals surface area contributed by atoms with Gasteiger partial charge in [0.25, 0.3) is 0 Å². The number of piperazine rings is 1. The smallest absolute Gasteiger partial charge is 0.222 e. The Hall–Kier alpha value is -0.0300. The lowest BCUT2D eigenvalue weighted by Crippen LogP contribution is -2.49. The molecule has 1 N–H and O–H groups in total. The van der Waals surface area contributed by atoms with Crippen LogP contribution in [0.15, 0.2) is 0 Å². The van der Waals surface area contributed by atoms with Crippen LogP contribution in [-0.4, -0.2) is 61.0 Å². The average molecular weight is 338 g/mol. The highest BCUT2D eigenvalue weighted by atomic mass is 35.5. The lowest BCUT2D eigenvalue weighted by molar-refractivity contribution is -0.133. The van der Waals surface area contributed by atoms with Crippen LogP contribution in [0.25, 0.3) is 0 Å². The number of nitrogens with one attached hydrogen (secondary N) is 1. The number of carbonyl (C=O) groups excluding carboxylic acids is 1. The number of hydrogen-bond donors (Lipinski definition) is 1. The van der Waals surface area contributed by atoms with Crippen molar-refractivity contribution in [1.29, 1.82) is 0 Å². The van der Waals surface area contributed by atoms with E-state index in [4.69, 9.17) is 0 Å². The molecule has 21 heavy (non-hydrogen) atoms. The molecule has 6 heteroatoms. The summed E-state index contributed by atoms with van der Waals surface area (Å²) in [4.78, 5) is 16.8. The number of rotatable bonds is 5. The van der Waals surface area contributed by atoms with E-state index in [1.807, 2.05) is 0 Å². The summed E-state index contributed by atoms with van der Waals surface area (Å²) in [6.45, 7) is 6.48. The molecular weight excluding hydrogens is 309 g/mol. The lowest BCUT2D eigenvalue weighted by atomic mass is 10.1. The van der Waals surface area contributed by atoms with Crippen LogP contribution in [-0.2, 0) is 4.79 Å². The molecule has 2 heterocycles. The van der Waals surface area contributed by atoms with Crippen molar-refractivity contribution in [2.24, 2.45) is 5.92 Å². The van der Waals surface area contributed by atoms with E-state index in [2.05, 4.69) is 15.1 Å². The van der Waals surface area contributed by atoms with Gasteiger partial charge in [0.05, 0.1) is 0 Å².